The van der Waals surface area contributed by atoms with Crippen molar-refractivity contribution in [3.8, 4) is 0 Å². The van der Waals surface area contributed by atoms with Gasteiger partial charge in [-0.25, -0.2) is 0 Å². The zero-order chi connectivity index (χ0) is 15.0. The molecule has 2 saturated heterocycles. The lowest BCUT2D eigenvalue weighted by molar-refractivity contribution is -0.152. The molecule has 0 unspecified atom stereocenters. The van der Waals surface area contributed by atoms with Crippen LogP contribution in [0.5, 0.6) is 0 Å². The molecule has 0 aromatic carbocycles. The second-order valence-corrected chi connectivity index (χ2v) is 7.20. The Kier molecular flexibility index (Phi) is 3.98. The fraction of sp³-hybridized carbons (Fsp3) is 0.882. The lowest BCUT2D eigenvalue weighted by Crippen LogP contribution is -2.46. The minimum absolute atomic E-state index is 0.0549. The highest BCUT2D eigenvalue weighted by atomic mass is 16.4. The normalized spacial score (nSPS) is 36.7. The molecule has 1 N–H and O–H groups in total. The van der Waals surface area contributed by atoms with E-state index in [-0.39, 0.29) is 23.9 Å². The van der Waals surface area contributed by atoms with Crippen LogP contribution in [0.15, 0.2) is 0 Å². The maximum atomic E-state index is 13.0. The van der Waals surface area contributed by atoms with Gasteiger partial charge in [0.1, 0.15) is 0 Å². The number of carboxylic acids is 1. The monoisotopic (exact) mass is 293 g/mol. The van der Waals surface area contributed by atoms with Crippen LogP contribution in [0, 0.1) is 11.3 Å². The van der Waals surface area contributed by atoms with E-state index in [1.165, 1.54) is 12.8 Å². The summed E-state index contributed by atoms with van der Waals surface area (Å²) in [6, 6.07) is 0.127. The molecule has 118 valence electrons. The summed E-state index contributed by atoms with van der Waals surface area (Å²) in [5.41, 5.74) is -0.677. The van der Waals surface area contributed by atoms with E-state index in [1.54, 1.807) is 0 Å². The summed E-state index contributed by atoms with van der Waals surface area (Å²) in [6.07, 6.45) is 9.97. The molecule has 1 amide bonds. The molecule has 1 saturated carbocycles. The SMILES string of the molecule is CC[C@@]1(C(=O)O)C[C@@H]2CC[C@H]1N2C(=O)C1CCCCCC1. The molecule has 3 aliphatic rings. The molecule has 0 aromatic rings. The highest BCUT2D eigenvalue weighted by molar-refractivity contribution is 5.84. The molecule has 2 bridgehead atoms. The molecule has 0 aromatic heterocycles. The fourth-order valence-electron chi connectivity index (χ4n) is 5.01. The molecule has 2 aliphatic heterocycles. The minimum Gasteiger partial charge on any atom is -0.481 e. The zero-order valence-electron chi connectivity index (χ0n) is 13.0. The third-order valence-electron chi connectivity index (χ3n) is 6.26. The quantitative estimate of drug-likeness (QED) is 0.813. The Morgan fingerprint density at radius 2 is 1.76 bits per heavy atom. The van der Waals surface area contributed by atoms with Crippen LogP contribution >= 0.6 is 0 Å². The molecule has 0 radical (unpaired) electrons. The Hall–Kier alpha value is -1.06. The number of carboxylic acid groups (broad SMARTS) is 1. The first-order chi connectivity index (χ1) is 10.1. The topological polar surface area (TPSA) is 57.6 Å². The highest BCUT2D eigenvalue weighted by Crippen LogP contribution is 2.52. The number of carbonyl (C=O) groups excluding carboxylic acids is 1. The number of rotatable bonds is 3. The first-order valence-electron chi connectivity index (χ1n) is 8.65. The molecule has 2 heterocycles. The fourth-order valence-corrected chi connectivity index (χ4v) is 5.01. The molecule has 21 heavy (non-hydrogen) atoms. The summed E-state index contributed by atoms with van der Waals surface area (Å²) in [6.45, 7) is 1.96. The van der Waals surface area contributed by atoms with Crippen molar-refractivity contribution in [1.29, 1.82) is 0 Å². The Morgan fingerprint density at radius 1 is 1.10 bits per heavy atom. The molecule has 3 fully saturated rings. The van der Waals surface area contributed by atoms with E-state index in [0.717, 1.165) is 38.5 Å². The van der Waals surface area contributed by atoms with Gasteiger partial charge in [-0.2, -0.15) is 0 Å². The third-order valence-corrected chi connectivity index (χ3v) is 6.26. The van der Waals surface area contributed by atoms with E-state index in [9.17, 15) is 14.7 Å². The van der Waals surface area contributed by atoms with Crippen molar-refractivity contribution in [3.63, 3.8) is 0 Å². The van der Waals surface area contributed by atoms with Crippen LogP contribution in [0.4, 0.5) is 0 Å². The number of carbonyl (C=O) groups is 2. The molecule has 3 atom stereocenters. The Morgan fingerprint density at radius 3 is 2.29 bits per heavy atom. The Balaban J connectivity index is 1.80. The van der Waals surface area contributed by atoms with Crippen LogP contribution in [0.2, 0.25) is 0 Å². The van der Waals surface area contributed by atoms with Gasteiger partial charge in [0, 0.05) is 18.0 Å². The first kappa shape index (κ1) is 14.9. The van der Waals surface area contributed by atoms with Gasteiger partial charge in [-0.1, -0.05) is 32.6 Å². The van der Waals surface area contributed by atoms with E-state index in [1.807, 2.05) is 11.8 Å². The number of hydrogen-bond acceptors (Lipinski definition) is 2. The average Bonchev–Trinajstić information content (AvgIpc) is 2.90. The van der Waals surface area contributed by atoms with Crippen molar-refractivity contribution in [3.05, 3.63) is 0 Å². The third kappa shape index (κ3) is 2.27. The van der Waals surface area contributed by atoms with Crippen LogP contribution in [0.25, 0.3) is 0 Å². The predicted molar refractivity (Wildman–Crippen MR) is 79.8 cm³/mol. The van der Waals surface area contributed by atoms with E-state index in [4.69, 9.17) is 0 Å². The summed E-state index contributed by atoms with van der Waals surface area (Å²) in [4.78, 5) is 26.8. The molecular formula is C17H27NO3. The van der Waals surface area contributed by atoms with Crippen molar-refractivity contribution >= 4 is 11.9 Å². The van der Waals surface area contributed by atoms with Crippen LogP contribution < -0.4 is 0 Å². The van der Waals surface area contributed by atoms with E-state index in [0.29, 0.717) is 12.8 Å². The Bertz CT molecular complexity index is 428. The minimum atomic E-state index is -0.698. The van der Waals surface area contributed by atoms with Crippen molar-refractivity contribution in [2.24, 2.45) is 11.3 Å². The van der Waals surface area contributed by atoms with Crippen LogP contribution in [0.1, 0.15) is 71.1 Å². The molecule has 4 nitrogen and oxygen atoms in total. The number of nitrogens with zero attached hydrogens (tertiary/aromatic N) is 1. The molecule has 0 spiro atoms. The van der Waals surface area contributed by atoms with Crippen molar-refractivity contribution in [2.45, 2.75) is 83.2 Å². The summed E-state index contributed by atoms with van der Waals surface area (Å²) >= 11 is 0. The van der Waals surface area contributed by atoms with Crippen molar-refractivity contribution in [1.82, 2.24) is 4.90 Å². The van der Waals surface area contributed by atoms with Crippen LogP contribution in [-0.4, -0.2) is 34.0 Å². The number of hydrogen-bond donors (Lipinski definition) is 1. The second-order valence-electron chi connectivity index (χ2n) is 7.20. The van der Waals surface area contributed by atoms with Crippen LogP contribution in [-0.2, 0) is 9.59 Å². The maximum Gasteiger partial charge on any atom is 0.311 e. The van der Waals surface area contributed by atoms with Crippen LogP contribution in [0.3, 0.4) is 0 Å². The lowest BCUT2D eigenvalue weighted by Gasteiger charge is -2.33. The van der Waals surface area contributed by atoms with Gasteiger partial charge < -0.3 is 10.0 Å². The van der Waals surface area contributed by atoms with Gasteiger partial charge in [0.25, 0.3) is 0 Å². The lowest BCUT2D eigenvalue weighted by atomic mass is 9.72. The van der Waals surface area contributed by atoms with Gasteiger partial charge in [0.15, 0.2) is 0 Å². The van der Waals surface area contributed by atoms with E-state index >= 15 is 0 Å². The molecular weight excluding hydrogens is 266 g/mol. The second kappa shape index (κ2) is 5.62. The van der Waals surface area contributed by atoms with Gasteiger partial charge in [-0.05, 0) is 38.5 Å². The smallest absolute Gasteiger partial charge is 0.311 e. The maximum absolute atomic E-state index is 13.0. The largest absolute Gasteiger partial charge is 0.481 e. The first-order valence-corrected chi connectivity index (χ1v) is 8.65. The Labute approximate surface area is 126 Å². The number of aliphatic carboxylic acids is 1. The highest BCUT2D eigenvalue weighted by Gasteiger charge is 2.60. The van der Waals surface area contributed by atoms with E-state index < -0.39 is 11.4 Å². The van der Waals surface area contributed by atoms with E-state index in [2.05, 4.69) is 0 Å². The molecule has 1 aliphatic carbocycles. The predicted octanol–water partition coefficient (Wildman–Crippen LogP) is 3.20. The van der Waals surface area contributed by atoms with Crippen molar-refractivity contribution < 1.29 is 14.7 Å². The van der Waals surface area contributed by atoms with Crippen molar-refractivity contribution in [2.75, 3.05) is 0 Å². The number of fused-ring (bicyclic) bond motifs is 2. The summed E-state index contributed by atoms with van der Waals surface area (Å²) < 4.78 is 0. The summed E-state index contributed by atoms with van der Waals surface area (Å²) in [7, 11) is 0. The summed E-state index contributed by atoms with van der Waals surface area (Å²) in [5, 5.41) is 9.70. The molecule has 4 heteroatoms. The molecule has 3 rings (SSSR count). The average molecular weight is 293 g/mol. The van der Waals surface area contributed by atoms with Gasteiger partial charge in [-0.15, -0.1) is 0 Å². The zero-order valence-corrected chi connectivity index (χ0v) is 13.0. The van der Waals surface area contributed by atoms with Gasteiger partial charge >= 0.3 is 5.97 Å². The number of amides is 1. The van der Waals surface area contributed by atoms with Gasteiger partial charge in [0.2, 0.25) is 5.91 Å². The van der Waals surface area contributed by atoms with Gasteiger partial charge in [-0.3, -0.25) is 9.59 Å². The summed E-state index contributed by atoms with van der Waals surface area (Å²) in [5.74, 6) is -0.283. The standard InChI is InChI=1S/C17H27NO3/c1-2-17(16(20)21)11-13-9-10-14(17)18(13)15(19)12-7-5-3-4-6-8-12/h12-14H,2-11H2,1H3,(H,20,21)/t13-,14+,17+/m0/s1. The van der Waals surface area contributed by atoms with Gasteiger partial charge in [0.05, 0.1) is 5.41 Å².